The fourth-order valence-electron chi connectivity index (χ4n) is 0.299. The van der Waals surface area contributed by atoms with Crippen LogP contribution >= 0.6 is 0 Å². The Labute approximate surface area is 57.0 Å². The molecule has 0 rings (SSSR count). The van der Waals surface area contributed by atoms with Crippen LogP contribution in [0.5, 0.6) is 0 Å². The zero-order chi connectivity index (χ0) is 8.15. The Hall–Kier alpha value is -1.50. The summed E-state index contributed by atoms with van der Waals surface area (Å²) in [5.74, 6) is 4.45. The number of hydrogen-bond donors (Lipinski definition) is 1. The smallest absolute Gasteiger partial charge is 0.390 e. The summed E-state index contributed by atoms with van der Waals surface area (Å²) in [6, 6.07) is 0. The van der Waals surface area contributed by atoms with Gasteiger partial charge in [0.1, 0.15) is 0 Å². The molecule has 0 saturated carbocycles. The first-order chi connectivity index (χ1) is 4.59. The highest BCUT2D eigenvalue weighted by Crippen LogP contribution is 1.82. The summed E-state index contributed by atoms with van der Waals surface area (Å²) in [5.41, 5.74) is 0. The summed E-state index contributed by atoms with van der Waals surface area (Å²) in [6.07, 6.45) is 0. The van der Waals surface area contributed by atoms with Crippen molar-refractivity contribution < 1.29 is 4.92 Å². The Balaban J connectivity index is 4.41. The van der Waals surface area contributed by atoms with E-state index in [0.717, 1.165) is 5.01 Å². The molecule has 56 valence electrons. The topological polar surface area (TPSA) is 97.1 Å². The van der Waals surface area contributed by atoms with Gasteiger partial charge in [-0.2, -0.15) is 10.9 Å². The van der Waals surface area contributed by atoms with Gasteiger partial charge in [-0.05, 0) is 4.92 Å². The second-order valence-corrected chi connectivity index (χ2v) is 1.41. The van der Waals surface area contributed by atoms with Crippen molar-refractivity contribution in [1.82, 2.24) is 5.01 Å². The molecule has 7 nitrogen and oxygen atoms in total. The van der Waals surface area contributed by atoms with E-state index in [0.29, 0.717) is 0 Å². The lowest BCUT2D eigenvalue weighted by molar-refractivity contribution is -0.364. The lowest BCUT2D eigenvalue weighted by Crippen LogP contribution is -2.38. The molecule has 0 saturated heterocycles. The molecular weight excluding hydrogens is 138 g/mol. The highest BCUT2D eigenvalue weighted by atomic mass is 16.6. The van der Waals surface area contributed by atoms with Crippen LogP contribution in [-0.4, -0.2) is 29.7 Å². The van der Waals surface area contributed by atoms with Gasteiger partial charge in [0.15, 0.2) is 0 Å². The molecule has 0 amide bonds. The van der Waals surface area contributed by atoms with Crippen LogP contribution in [0.1, 0.15) is 0 Å². The van der Waals surface area contributed by atoms with Crippen molar-refractivity contribution in [1.29, 1.82) is 0 Å². The number of rotatable bonds is 1. The average molecular weight is 145 g/mol. The number of nitrogens with zero attached hydrogens (tertiary/aromatic N) is 4. The Morgan fingerprint density at radius 3 is 2.50 bits per heavy atom. The molecule has 0 aromatic rings. The molecule has 0 heterocycles. The molecule has 0 bridgehead atoms. The van der Waals surface area contributed by atoms with E-state index in [9.17, 15) is 10.1 Å². The van der Waals surface area contributed by atoms with Gasteiger partial charge >= 0.3 is 5.96 Å². The van der Waals surface area contributed by atoms with Gasteiger partial charge in [0.05, 0.1) is 7.05 Å². The van der Waals surface area contributed by atoms with Crippen LogP contribution in [0.3, 0.4) is 0 Å². The minimum atomic E-state index is -0.755. The van der Waals surface area contributed by atoms with Crippen LogP contribution in [0.25, 0.3) is 0 Å². The lowest BCUT2D eigenvalue weighted by atomic mass is 10.9. The van der Waals surface area contributed by atoms with E-state index in [2.05, 4.69) is 16.9 Å². The highest BCUT2D eigenvalue weighted by molar-refractivity contribution is 5.70. The molecular formula is C3H7N5O2. The molecule has 0 aromatic carbocycles. The van der Waals surface area contributed by atoms with E-state index in [1.165, 1.54) is 7.05 Å². The van der Waals surface area contributed by atoms with E-state index >= 15 is 0 Å². The van der Waals surface area contributed by atoms with Gasteiger partial charge in [0, 0.05) is 11.8 Å². The number of hydrogen-bond acceptors (Lipinski definition) is 5. The predicted molar refractivity (Wildman–Crippen MR) is 35.9 cm³/mol. The maximum Gasteiger partial charge on any atom is 0.469 e. The summed E-state index contributed by atoms with van der Waals surface area (Å²) in [6.45, 7) is 2.94. The van der Waals surface area contributed by atoms with Crippen molar-refractivity contribution in [2.45, 2.75) is 0 Å². The van der Waals surface area contributed by atoms with E-state index in [1.54, 1.807) is 0 Å². The van der Waals surface area contributed by atoms with Crippen LogP contribution in [0.2, 0.25) is 0 Å². The van der Waals surface area contributed by atoms with E-state index in [1.807, 2.05) is 0 Å². The van der Waals surface area contributed by atoms with E-state index < -0.39 is 10.9 Å². The van der Waals surface area contributed by atoms with Gasteiger partial charge in [-0.15, -0.1) is 0 Å². The van der Waals surface area contributed by atoms with Gasteiger partial charge in [-0.25, -0.2) is 0 Å². The molecule has 7 heteroatoms. The molecule has 0 unspecified atom stereocenters. The zero-order valence-electron chi connectivity index (χ0n) is 5.39. The fraction of sp³-hybridized carbons (Fsp3) is 0.333. The van der Waals surface area contributed by atoms with Crippen LogP contribution in [0.4, 0.5) is 0 Å². The maximum atomic E-state index is 10.00. The molecule has 0 atom stereocenters. The minimum absolute atomic E-state index is 0.546. The van der Waals surface area contributed by atoms with Crippen LogP contribution in [0.15, 0.2) is 10.2 Å². The fourth-order valence-corrected chi connectivity index (χ4v) is 0.299. The third-order valence-corrected chi connectivity index (χ3v) is 0.639. The normalized spacial score (nSPS) is 10.8. The van der Waals surface area contributed by atoms with Gasteiger partial charge in [-0.1, -0.05) is 5.10 Å². The van der Waals surface area contributed by atoms with Crippen molar-refractivity contribution in [2.75, 3.05) is 7.05 Å². The third kappa shape index (κ3) is 2.18. The number of hydrazine groups is 1. The quantitative estimate of drug-likeness (QED) is 0.169. The molecule has 0 spiro atoms. The molecule has 10 heavy (non-hydrogen) atoms. The predicted octanol–water partition coefficient (Wildman–Crippen LogP) is -0.960. The summed E-state index contributed by atoms with van der Waals surface area (Å²) in [4.78, 5) is 9.24. The van der Waals surface area contributed by atoms with Crippen molar-refractivity contribution in [2.24, 2.45) is 16.0 Å². The van der Waals surface area contributed by atoms with Gasteiger partial charge < -0.3 is 10.1 Å². The Morgan fingerprint density at radius 1 is 1.90 bits per heavy atom. The zero-order valence-corrected chi connectivity index (χ0v) is 5.39. The first kappa shape index (κ1) is 8.50. The summed E-state index contributed by atoms with van der Waals surface area (Å²) >= 11 is 0. The molecule has 0 aliphatic rings. The van der Waals surface area contributed by atoms with E-state index in [4.69, 9.17) is 5.84 Å². The number of guanidine groups is 1. The first-order valence-corrected chi connectivity index (χ1v) is 2.26. The molecule has 2 N–H and O–H groups in total. The molecule has 0 fully saturated rings. The molecule has 0 aromatic heterocycles. The number of nitro groups is 1. The monoisotopic (exact) mass is 145 g/mol. The van der Waals surface area contributed by atoms with E-state index in [-0.39, 0.29) is 0 Å². The van der Waals surface area contributed by atoms with Gasteiger partial charge in [0.2, 0.25) is 0 Å². The van der Waals surface area contributed by atoms with Crippen LogP contribution in [0, 0.1) is 10.1 Å². The highest BCUT2D eigenvalue weighted by Gasteiger charge is 2.13. The Bertz CT molecular complexity index is 174. The van der Waals surface area contributed by atoms with Crippen molar-refractivity contribution in [3.63, 3.8) is 0 Å². The van der Waals surface area contributed by atoms with Crippen molar-refractivity contribution in [3.8, 4) is 0 Å². The summed E-state index contributed by atoms with van der Waals surface area (Å²) < 4.78 is 0. The first-order valence-electron chi connectivity index (χ1n) is 2.26. The summed E-state index contributed by atoms with van der Waals surface area (Å²) in [5, 5.41) is 16.7. The van der Waals surface area contributed by atoms with Crippen molar-refractivity contribution >= 4 is 12.7 Å². The molecule has 0 aliphatic heterocycles. The second-order valence-electron chi connectivity index (χ2n) is 1.41. The van der Waals surface area contributed by atoms with Crippen LogP contribution < -0.4 is 5.84 Å². The number of nitrogens with two attached hydrogens (primary N) is 1. The van der Waals surface area contributed by atoms with Gasteiger partial charge in [0.25, 0.3) is 0 Å². The standard InChI is InChI=1S/C3H7N5O2/c1-5-6-3(7(2)4)8(9)10/h1,4H2,2H3/b6-3+. The SMILES string of the molecule is C=N/N=C(\N(C)N)[N+](=O)[O-]. The van der Waals surface area contributed by atoms with Crippen molar-refractivity contribution in [3.05, 3.63) is 10.1 Å². The minimum Gasteiger partial charge on any atom is -0.390 e. The lowest BCUT2D eigenvalue weighted by Gasteiger charge is -2.03. The largest absolute Gasteiger partial charge is 0.469 e. The van der Waals surface area contributed by atoms with Gasteiger partial charge in [-0.3, -0.25) is 0 Å². The Morgan fingerprint density at radius 2 is 2.40 bits per heavy atom. The molecule has 0 radical (unpaired) electrons. The maximum absolute atomic E-state index is 10.00. The second kappa shape index (κ2) is 3.51. The average Bonchev–Trinajstić information content (AvgIpc) is 1.81. The Kier molecular flexibility index (Phi) is 2.98. The summed E-state index contributed by atoms with van der Waals surface area (Å²) in [7, 11) is 1.28. The molecule has 0 aliphatic carbocycles. The third-order valence-electron chi connectivity index (χ3n) is 0.639. The van der Waals surface area contributed by atoms with Crippen LogP contribution in [-0.2, 0) is 0 Å².